The van der Waals surface area contributed by atoms with Crippen molar-refractivity contribution in [2.45, 2.75) is 18.7 Å². The molecule has 0 saturated carbocycles. The molecule has 1 N–H and O–H groups in total. The number of sulfonamides is 1. The number of nitrogens with zero attached hydrogens (tertiary/aromatic N) is 3. The lowest BCUT2D eigenvalue weighted by molar-refractivity contribution is 0.419. The smallest absolute Gasteiger partial charge is 0.263 e. The van der Waals surface area contributed by atoms with Gasteiger partial charge in [0.15, 0.2) is 5.82 Å². The molecule has 0 spiro atoms. The van der Waals surface area contributed by atoms with Gasteiger partial charge in [0.2, 0.25) is 0 Å². The molecule has 0 aliphatic heterocycles. The third kappa shape index (κ3) is 3.54. The van der Waals surface area contributed by atoms with E-state index in [2.05, 4.69) is 9.82 Å². The number of para-hydroxylation sites is 1. The lowest BCUT2D eigenvalue weighted by Crippen LogP contribution is -2.16. The second-order valence-corrected chi connectivity index (χ2v) is 8.34. The third-order valence-corrected chi connectivity index (χ3v) is 5.93. The minimum Gasteiger partial charge on any atom is -0.494 e. The van der Waals surface area contributed by atoms with Crippen LogP contribution in [0.5, 0.6) is 5.75 Å². The molecular formula is C21H20N4O3S. The number of nitrogens with one attached hydrogen (secondary N) is 1. The van der Waals surface area contributed by atoms with Gasteiger partial charge in [0.05, 0.1) is 17.7 Å². The van der Waals surface area contributed by atoms with Crippen molar-refractivity contribution in [3.63, 3.8) is 0 Å². The highest BCUT2D eigenvalue weighted by Gasteiger charge is 2.19. The second kappa shape index (κ2) is 7.21. The summed E-state index contributed by atoms with van der Waals surface area (Å²) in [6.07, 6.45) is 0. The number of hydrogen-bond acceptors (Lipinski definition) is 5. The Morgan fingerprint density at radius 1 is 1.00 bits per heavy atom. The van der Waals surface area contributed by atoms with E-state index >= 15 is 0 Å². The van der Waals surface area contributed by atoms with E-state index in [4.69, 9.17) is 9.72 Å². The van der Waals surface area contributed by atoms with Crippen LogP contribution in [0, 0.1) is 13.8 Å². The largest absolute Gasteiger partial charge is 0.494 e. The number of methoxy groups -OCH3 is 1. The molecule has 0 aliphatic rings. The molecule has 0 fully saturated rings. The SMILES string of the molecule is COc1cccc2c(C)cc(-n3nc(C)cc3NS(=O)(=O)c3ccccc3)nc12. The zero-order valence-electron chi connectivity index (χ0n) is 16.2. The fourth-order valence-electron chi connectivity index (χ4n) is 3.19. The molecular weight excluding hydrogens is 388 g/mol. The van der Waals surface area contributed by atoms with Gasteiger partial charge in [-0.2, -0.15) is 9.78 Å². The fraction of sp³-hybridized carbons (Fsp3) is 0.143. The van der Waals surface area contributed by atoms with Gasteiger partial charge < -0.3 is 4.74 Å². The average molecular weight is 408 g/mol. The van der Waals surface area contributed by atoms with Gasteiger partial charge in [0.25, 0.3) is 10.0 Å². The van der Waals surface area contributed by atoms with Gasteiger partial charge in [-0.05, 0) is 43.7 Å². The maximum atomic E-state index is 12.8. The summed E-state index contributed by atoms with van der Waals surface area (Å²) in [7, 11) is -2.17. The lowest BCUT2D eigenvalue weighted by Gasteiger charge is -2.13. The first-order valence-electron chi connectivity index (χ1n) is 8.98. The highest BCUT2D eigenvalue weighted by Crippen LogP contribution is 2.29. The van der Waals surface area contributed by atoms with Crippen LogP contribution < -0.4 is 9.46 Å². The molecule has 7 nitrogen and oxygen atoms in total. The number of pyridine rings is 1. The number of anilines is 1. The van der Waals surface area contributed by atoms with Gasteiger partial charge in [-0.1, -0.05) is 30.3 Å². The Bertz CT molecular complexity index is 1300. The van der Waals surface area contributed by atoms with Gasteiger partial charge in [-0.15, -0.1) is 0 Å². The molecule has 4 rings (SSSR count). The minimum atomic E-state index is -3.76. The van der Waals surface area contributed by atoms with Crippen molar-refractivity contribution in [1.82, 2.24) is 14.8 Å². The predicted molar refractivity (Wildman–Crippen MR) is 112 cm³/mol. The van der Waals surface area contributed by atoms with Crippen molar-refractivity contribution in [3.05, 3.63) is 71.9 Å². The number of benzene rings is 2. The first-order valence-corrected chi connectivity index (χ1v) is 10.5. The van der Waals surface area contributed by atoms with E-state index in [1.807, 2.05) is 31.2 Å². The first-order chi connectivity index (χ1) is 13.9. The Hall–Kier alpha value is -3.39. The Morgan fingerprint density at radius 2 is 1.76 bits per heavy atom. The second-order valence-electron chi connectivity index (χ2n) is 6.66. The van der Waals surface area contributed by atoms with Crippen LogP contribution in [0.3, 0.4) is 0 Å². The summed E-state index contributed by atoms with van der Waals surface area (Å²) < 4.78 is 35.1. The number of aromatic nitrogens is 3. The molecule has 8 heteroatoms. The number of fused-ring (bicyclic) bond motifs is 1. The summed E-state index contributed by atoms with van der Waals surface area (Å²) in [5.41, 5.74) is 2.33. The van der Waals surface area contributed by atoms with Crippen LogP contribution in [0.2, 0.25) is 0 Å². The van der Waals surface area contributed by atoms with Crippen LogP contribution in [-0.2, 0) is 10.0 Å². The molecule has 2 aromatic carbocycles. The average Bonchev–Trinajstić information content (AvgIpc) is 3.07. The third-order valence-electron chi connectivity index (χ3n) is 4.56. The Labute approximate surface area is 169 Å². The molecule has 0 amide bonds. The molecule has 2 aromatic heterocycles. The van der Waals surface area contributed by atoms with E-state index in [-0.39, 0.29) is 4.90 Å². The normalized spacial score (nSPS) is 11.6. The van der Waals surface area contributed by atoms with E-state index < -0.39 is 10.0 Å². The predicted octanol–water partition coefficient (Wildman–Crippen LogP) is 3.85. The topological polar surface area (TPSA) is 86.1 Å². The van der Waals surface area contributed by atoms with E-state index in [1.54, 1.807) is 50.4 Å². The molecule has 29 heavy (non-hydrogen) atoms. The van der Waals surface area contributed by atoms with Crippen molar-refractivity contribution in [2.24, 2.45) is 0 Å². The quantitative estimate of drug-likeness (QED) is 0.542. The number of rotatable bonds is 5. The summed E-state index contributed by atoms with van der Waals surface area (Å²) in [5, 5.41) is 5.41. The highest BCUT2D eigenvalue weighted by atomic mass is 32.2. The molecule has 0 unspecified atom stereocenters. The van der Waals surface area contributed by atoms with Crippen LogP contribution in [-0.4, -0.2) is 30.3 Å². The molecule has 0 bridgehead atoms. The molecule has 0 atom stereocenters. The van der Waals surface area contributed by atoms with Crippen molar-refractivity contribution in [3.8, 4) is 11.6 Å². The van der Waals surface area contributed by atoms with Gasteiger partial charge in [-0.25, -0.2) is 13.4 Å². The van der Waals surface area contributed by atoms with E-state index in [0.29, 0.717) is 28.6 Å². The molecule has 0 saturated heterocycles. The van der Waals surface area contributed by atoms with Gasteiger partial charge in [0, 0.05) is 11.5 Å². The molecule has 0 radical (unpaired) electrons. The summed E-state index contributed by atoms with van der Waals surface area (Å²) in [5.74, 6) is 1.45. The number of aryl methyl sites for hydroxylation is 2. The van der Waals surface area contributed by atoms with E-state index in [1.165, 1.54) is 4.68 Å². The summed E-state index contributed by atoms with van der Waals surface area (Å²) in [6, 6.07) is 17.5. The van der Waals surface area contributed by atoms with Crippen LogP contribution in [0.25, 0.3) is 16.7 Å². The highest BCUT2D eigenvalue weighted by molar-refractivity contribution is 7.92. The van der Waals surface area contributed by atoms with Crippen molar-refractivity contribution < 1.29 is 13.2 Å². The minimum absolute atomic E-state index is 0.176. The van der Waals surface area contributed by atoms with Gasteiger partial charge >= 0.3 is 0 Å². The molecule has 0 aliphatic carbocycles. The van der Waals surface area contributed by atoms with Crippen molar-refractivity contribution >= 4 is 26.7 Å². The van der Waals surface area contributed by atoms with Crippen molar-refractivity contribution in [1.29, 1.82) is 0 Å². The van der Waals surface area contributed by atoms with Crippen LogP contribution in [0.1, 0.15) is 11.3 Å². The van der Waals surface area contributed by atoms with Crippen LogP contribution in [0.4, 0.5) is 5.82 Å². The number of hydrogen-bond donors (Lipinski definition) is 1. The summed E-state index contributed by atoms with van der Waals surface area (Å²) >= 11 is 0. The first kappa shape index (κ1) is 18.9. The Morgan fingerprint density at radius 3 is 2.48 bits per heavy atom. The lowest BCUT2D eigenvalue weighted by atomic mass is 10.1. The zero-order chi connectivity index (χ0) is 20.6. The van der Waals surface area contributed by atoms with Crippen LogP contribution in [0.15, 0.2) is 65.6 Å². The summed E-state index contributed by atoms with van der Waals surface area (Å²) in [6.45, 7) is 3.77. The van der Waals surface area contributed by atoms with Gasteiger partial charge in [0.1, 0.15) is 17.1 Å². The van der Waals surface area contributed by atoms with Crippen molar-refractivity contribution in [2.75, 3.05) is 11.8 Å². The molecule has 2 heterocycles. The van der Waals surface area contributed by atoms with E-state index in [9.17, 15) is 8.42 Å². The van der Waals surface area contributed by atoms with Gasteiger partial charge in [-0.3, -0.25) is 4.72 Å². The Balaban J connectivity index is 1.84. The molecule has 148 valence electrons. The fourth-order valence-corrected chi connectivity index (χ4v) is 4.24. The summed E-state index contributed by atoms with van der Waals surface area (Å²) in [4.78, 5) is 4.87. The maximum Gasteiger partial charge on any atom is 0.263 e. The zero-order valence-corrected chi connectivity index (χ0v) is 17.1. The molecule has 4 aromatic rings. The number of ether oxygens (including phenoxy) is 1. The van der Waals surface area contributed by atoms with Crippen LogP contribution >= 0.6 is 0 Å². The van der Waals surface area contributed by atoms with E-state index in [0.717, 1.165) is 10.9 Å². The standard InChI is InChI=1S/C21H20N4O3S/c1-14-12-19(22-21-17(14)10-7-11-18(21)28-3)25-20(13-15(2)23-25)24-29(26,27)16-8-5-4-6-9-16/h4-13,24H,1-3H3. The monoisotopic (exact) mass is 408 g/mol. The Kier molecular flexibility index (Phi) is 4.71. The maximum absolute atomic E-state index is 12.8.